The molecule has 4 unspecified atom stereocenters. The summed E-state index contributed by atoms with van der Waals surface area (Å²) in [6.45, 7) is 11.8. The Kier molecular flexibility index (Phi) is 4.76. The van der Waals surface area contributed by atoms with Crippen molar-refractivity contribution < 1.29 is 0 Å². The molecule has 2 aliphatic rings. The standard InChI is InChI=1S/C27H32N4/c1-6-20-19(4)27(5,7-2)26-30(23-15-11-9-13-21(20)23)24-16-28-17-29-25(24)31(26)22-14-10-8-12-18(22)3/h8-17,19-20,26H,6-7H2,1-5H3. The van der Waals surface area contributed by atoms with Gasteiger partial charge >= 0.3 is 0 Å². The normalized spacial score (nSPS) is 26.8. The van der Waals surface area contributed by atoms with Crippen LogP contribution in [0.2, 0.25) is 0 Å². The Morgan fingerprint density at radius 1 is 0.935 bits per heavy atom. The van der Waals surface area contributed by atoms with E-state index in [0.29, 0.717) is 11.8 Å². The molecule has 2 aromatic carbocycles. The lowest BCUT2D eigenvalue weighted by Crippen LogP contribution is -2.52. The van der Waals surface area contributed by atoms with Crippen molar-refractivity contribution in [1.29, 1.82) is 0 Å². The Labute approximate surface area is 186 Å². The van der Waals surface area contributed by atoms with Crippen LogP contribution in [0.5, 0.6) is 0 Å². The predicted octanol–water partition coefficient (Wildman–Crippen LogP) is 6.96. The van der Waals surface area contributed by atoms with E-state index in [1.165, 1.54) is 22.5 Å². The molecule has 0 fully saturated rings. The summed E-state index contributed by atoms with van der Waals surface area (Å²) in [4.78, 5) is 14.3. The van der Waals surface area contributed by atoms with E-state index >= 15 is 0 Å². The SMILES string of the molecule is CCC1c2ccccc2N2c3cncnc3N(c3ccccc3C)C2C(C)(CC)C1C. The molecule has 3 heterocycles. The van der Waals surface area contributed by atoms with Gasteiger partial charge in [0.1, 0.15) is 18.2 Å². The largest absolute Gasteiger partial charge is 0.315 e. The maximum Gasteiger partial charge on any atom is 0.162 e. The van der Waals surface area contributed by atoms with Crippen LogP contribution in [0.25, 0.3) is 0 Å². The highest BCUT2D eigenvalue weighted by Crippen LogP contribution is 2.60. The van der Waals surface area contributed by atoms with Crippen LogP contribution >= 0.6 is 0 Å². The van der Waals surface area contributed by atoms with Crippen molar-refractivity contribution >= 4 is 22.9 Å². The number of benzene rings is 2. The smallest absolute Gasteiger partial charge is 0.162 e. The lowest BCUT2D eigenvalue weighted by atomic mass is 9.66. The molecular weight excluding hydrogens is 380 g/mol. The minimum absolute atomic E-state index is 0.0443. The van der Waals surface area contributed by atoms with E-state index in [-0.39, 0.29) is 11.6 Å². The Morgan fingerprint density at radius 3 is 2.35 bits per heavy atom. The molecule has 1 aromatic heterocycles. The molecule has 0 amide bonds. The maximum absolute atomic E-state index is 4.82. The van der Waals surface area contributed by atoms with Gasteiger partial charge in [-0.2, -0.15) is 0 Å². The van der Waals surface area contributed by atoms with Crippen LogP contribution in [-0.2, 0) is 0 Å². The Morgan fingerprint density at radius 2 is 1.65 bits per heavy atom. The highest BCUT2D eigenvalue weighted by Gasteiger charge is 2.55. The molecule has 4 atom stereocenters. The van der Waals surface area contributed by atoms with Crippen LogP contribution in [0, 0.1) is 18.3 Å². The van der Waals surface area contributed by atoms with E-state index in [1.807, 2.05) is 6.20 Å². The van der Waals surface area contributed by atoms with Crippen molar-refractivity contribution in [2.75, 3.05) is 9.80 Å². The van der Waals surface area contributed by atoms with Crippen molar-refractivity contribution in [3.8, 4) is 0 Å². The fourth-order valence-electron chi connectivity index (χ4n) is 6.03. The summed E-state index contributed by atoms with van der Waals surface area (Å²) < 4.78 is 0. The zero-order chi connectivity index (χ0) is 21.8. The van der Waals surface area contributed by atoms with Gasteiger partial charge in [-0.1, -0.05) is 64.1 Å². The first kappa shape index (κ1) is 20.0. The van der Waals surface area contributed by atoms with Crippen molar-refractivity contribution in [3.63, 3.8) is 0 Å². The third kappa shape index (κ3) is 2.73. The number of anilines is 4. The van der Waals surface area contributed by atoms with Crippen molar-refractivity contribution in [2.45, 2.75) is 59.5 Å². The summed E-state index contributed by atoms with van der Waals surface area (Å²) in [7, 11) is 0. The molecule has 4 heteroatoms. The minimum Gasteiger partial charge on any atom is -0.315 e. The average molecular weight is 413 g/mol. The molecule has 0 N–H and O–H groups in total. The van der Waals surface area contributed by atoms with Gasteiger partial charge in [-0.15, -0.1) is 0 Å². The van der Waals surface area contributed by atoms with Gasteiger partial charge in [-0.3, -0.25) is 0 Å². The minimum atomic E-state index is 0.0443. The van der Waals surface area contributed by atoms with E-state index < -0.39 is 0 Å². The van der Waals surface area contributed by atoms with Gasteiger partial charge < -0.3 is 9.80 Å². The van der Waals surface area contributed by atoms with Crippen LogP contribution < -0.4 is 9.80 Å². The molecule has 0 bridgehead atoms. The number of para-hydroxylation sites is 2. The predicted molar refractivity (Wildman–Crippen MR) is 128 cm³/mol. The monoisotopic (exact) mass is 412 g/mol. The van der Waals surface area contributed by atoms with E-state index in [4.69, 9.17) is 4.98 Å². The molecule has 0 saturated carbocycles. The lowest BCUT2D eigenvalue weighted by Gasteiger charge is -2.47. The number of hydrogen-bond acceptors (Lipinski definition) is 4. The molecule has 4 nitrogen and oxygen atoms in total. The zero-order valence-corrected chi connectivity index (χ0v) is 19.2. The summed E-state index contributed by atoms with van der Waals surface area (Å²) in [5.74, 6) is 2.02. The summed E-state index contributed by atoms with van der Waals surface area (Å²) in [5.41, 5.74) is 6.39. The summed E-state index contributed by atoms with van der Waals surface area (Å²) in [5, 5.41) is 0. The first-order chi connectivity index (χ1) is 15.0. The van der Waals surface area contributed by atoms with Gasteiger partial charge in [-0.25, -0.2) is 9.97 Å². The number of fused-ring (bicyclic) bond motifs is 5. The molecule has 0 radical (unpaired) electrons. The molecule has 0 spiro atoms. The molecule has 0 aliphatic carbocycles. The van der Waals surface area contributed by atoms with Gasteiger partial charge in [0.05, 0.1) is 6.20 Å². The van der Waals surface area contributed by atoms with Gasteiger partial charge in [-0.05, 0) is 54.9 Å². The van der Waals surface area contributed by atoms with Crippen LogP contribution in [0.1, 0.15) is 57.6 Å². The van der Waals surface area contributed by atoms with E-state index in [9.17, 15) is 0 Å². The number of rotatable bonds is 3. The number of nitrogens with zero attached hydrogens (tertiary/aromatic N) is 4. The Hall–Kier alpha value is -2.88. The molecule has 2 aliphatic heterocycles. The second-order valence-corrected chi connectivity index (χ2v) is 9.35. The third-order valence-corrected chi connectivity index (χ3v) is 8.06. The lowest BCUT2D eigenvalue weighted by molar-refractivity contribution is 0.131. The molecule has 0 saturated heterocycles. The second-order valence-electron chi connectivity index (χ2n) is 9.35. The summed E-state index contributed by atoms with van der Waals surface area (Å²) in [6.07, 6.45) is 6.04. The zero-order valence-electron chi connectivity index (χ0n) is 19.2. The average Bonchev–Trinajstić information content (AvgIpc) is 3.11. The summed E-state index contributed by atoms with van der Waals surface area (Å²) >= 11 is 0. The van der Waals surface area contributed by atoms with Gasteiger partial charge in [0.25, 0.3) is 0 Å². The molecule has 5 rings (SSSR count). The van der Waals surface area contributed by atoms with E-state index in [2.05, 4.69) is 97.9 Å². The van der Waals surface area contributed by atoms with Gasteiger partial charge in [0.15, 0.2) is 5.82 Å². The highest BCUT2D eigenvalue weighted by molar-refractivity contribution is 5.87. The van der Waals surface area contributed by atoms with Crippen molar-refractivity contribution in [1.82, 2.24) is 9.97 Å². The van der Waals surface area contributed by atoms with Gasteiger partial charge in [0, 0.05) is 16.8 Å². The van der Waals surface area contributed by atoms with Crippen LogP contribution in [0.15, 0.2) is 61.1 Å². The van der Waals surface area contributed by atoms with Crippen molar-refractivity contribution in [2.24, 2.45) is 11.3 Å². The second kappa shape index (κ2) is 7.37. The first-order valence-electron chi connectivity index (χ1n) is 11.6. The van der Waals surface area contributed by atoms with Crippen LogP contribution in [-0.4, -0.2) is 16.1 Å². The quantitative estimate of drug-likeness (QED) is 0.465. The number of aryl methyl sites for hydroxylation is 1. The molecule has 160 valence electrons. The fourth-order valence-corrected chi connectivity index (χ4v) is 6.03. The van der Waals surface area contributed by atoms with E-state index in [1.54, 1.807) is 6.33 Å². The Balaban J connectivity index is 1.86. The highest BCUT2D eigenvalue weighted by atomic mass is 15.5. The number of aromatic nitrogens is 2. The molecule has 31 heavy (non-hydrogen) atoms. The Bertz CT molecular complexity index is 1110. The number of hydrogen-bond donors (Lipinski definition) is 0. The fraction of sp³-hybridized carbons (Fsp3) is 0.407. The molecule has 3 aromatic rings. The van der Waals surface area contributed by atoms with Crippen LogP contribution in [0.3, 0.4) is 0 Å². The van der Waals surface area contributed by atoms with E-state index in [0.717, 1.165) is 24.3 Å². The van der Waals surface area contributed by atoms with Gasteiger partial charge in [0.2, 0.25) is 0 Å². The third-order valence-electron chi connectivity index (χ3n) is 8.06. The topological polar surface area (TPSA) is 32.3 Å². The molecular formula is C27H32N4. The van der Waals surface area contributed by atoms with Crippen LogP contribution in [0.4, 0.5) is 22.9 Å². The summed E-state index contributed by atoms with van der Waals surface area (Å²) in [6, 6.07) is 17.7. The maximum atomic E-state index is 4.82. The van der Waals surface area contributed by atoms with Crippen molar-refractivity contribution in [3.05, 3.63) is 72.2 Å². The first-order valence-corrected chi connectivity index (χ1v) is 11.6.